The molecular weight excluding hydrogens is 304 g/mol. The van der Waals surface area contributed by atoms with Gasteiger partial charge in [-0.1, -0.05) is 22.0 Å². The van der Waals surface area contributed by atoms with Crippen LogP contribution in [0.3, 0.4) is 0 Å². The Morgan fingerprint density at radius 2 is 2.05 bits per heavy atom. The Hall–Kier alpha value is -1.42. The first-order valence-corrected chi connectivity index (χ1v) is 7.13. The summed E-state index contributed by atoms with van der Waals surface area (Å²) in [7, 11) is 0. The summed E-state index contributed by atoms with van der Waals surface area (Å²) in [6.45, 7) is 6.73. The van der Waals surface area contributed by atoms with Gasteiger partial charge in [0, 0.05) is 22.3 Å². The van der Waals surface area contributed by atoms with Crippen molar-refractivity contribution in [2.24, 2.45) is 0 Å². The fraction of sp³-hybridized carbons (Fsp3) is 0.333. The molecule has 0 amide bonds. The Bertz CT molecular complexity index is 617. The van der Waals surface area contributed by atoms with E-state index < -0.39 is 0 Å². The minimum absolute atomic E-state index is 0.139. The molecule has 0 unspecified atom stereocenters. The van der Waals surface area contributed by atoms with Gasteiger partial charge in [0.2, 0.25) is 0 Å². The molecule has 2 aromatic rings. The van der Waals surface area contributed by atoms with E-state index in [4.69, 9.17) is 0 Å². The molecule has 19 heavy (non-hydrogen) atoms. The maximum absolute atomic E-state index is 12.4. The smallest absolute Gasteiger partial charge is 0.169 e. The number of carbonyl (C=O) groups excluding carboxylic acids is 1. The van der Waals surface area contributed by atoms with Crippen LogP contribution < -0.4 is 0 Å². The lowest BCUT2D eigenvalue weighted by molar-refractivity contribution is 0.0990. The molecule has 0 radical (unpaired) electrons. The second-order valence-corrected chi connectivity index (χ2v) is 5.57. The first-order chi connectivity index (χ1) is 9.01. The number of benzene rings is 1. The maximum atomic E-state index is 12.4. The second kappa shape index (κ2) is 5.70. The van der Waals surface area contributed by atoms with E-state index in [2.05, 4.69) is 21.0 Å². The number of halogens is 1. The van der Waals surface area contributed by atoms with E-state index in [0.717, 1.165) is 33.5 Å². The predicted octanol–water partition coefficient (Wildman–Crippen LogP) is 3.71. The van der Waals surface area contributed by atoms with Gasteiger partial charge in [-0.3, -0.25) is 9.48 Å². The van der Waals surface area contributed by atoms with Crippen molar-refractivity contribution in [3.05, 3.63) is 51.3 Å². The molecule has 1 aromatic carbocycles. The largest absolute Gasteiger partial charge is 0.294 e. The highest BCUT2D eigenvalue weighted by molar-refractivity contribution is 9.10. The van der Waals surface area contributed by atoms with Crippen LogP contribution in [-0.2, 0) is 13.0 Å². The summed E-state index contributed by atoms with van der Waals surface area (Å²) in [4.78, 5) is 12.4. The number of hydrogen-bond donors (Lipinski definition) is 0. The Morgan fingerprint density at radius 1 is 1.32 bits per heavy atom. The van der Waals surface area contributed by atoms with Crippen molar-refractivity contribution in [1.29, 1.82) is 0 Å². The third-order valence-electron chi connectivity index (χ3n) is 3.12. The van der Waals surface area contributed by atoms with Crippen LogP contribution in [0.4, 0.5) is 0 Å². The third kappa shape index (κ3) is 3.13. The van der Waals surface area contributed by atoms with Gasteiger partial charge < -0.3 is 0 Å². The Balaban J connectivity index is 2.25. The Labute approximate surface area is 121 Å². The van der Waals surface area contributed by atoms with Gasteiger partial charge in [-0.05, 0) is 44.5 Å². The second-order valence-electron chi connectivity index (χ2n) is 4.65. The summed E-state index contributed by atoms with van der Waals surface area (Å²) in [6, 6.07) is 7.73. The van der Waals surface area contributed by atoms with Crippen LogP contribution in [0.5, 0.6) is 0 Å². The van der Waals surface area contributed by atoms with Gasteiger partial charge in [-0.15, -0.1) is 0 Å². The molecule has 0 N–H and O–H groups in total. The molecule has 0 saturated heterocycles. The first-order valence-electron chi connectivity index (χ1n) is 6.34. The molecule has 2 rings (SSSR count). The van der Waals surface area contributed by atoms with Crippen LogP contribution in [0.25, 0.3) is 0 Å². The van der Waals surface area contributed by atoms with E-state index in [-0.39, 0.29) is 5.78 Å². The van der Waals surface area contributed by atoms with Gasteiger partial charge in [-0.25, -0.2) is 0 Å². The van der Waals surface area contributed by atoms with Crippen molar-refractivity contribution in [2.45, 2.75) is 33.7 Å². The van der Waals surface area contributed by atoms with Crippen molar-refractivity contribution in [2.75, 3.05) is 0 Å². The lowest BCUT2D eigenvalue weighted by Gasteiger charge is -2.07. The summed E-state index contributed by atoms with van der Waals surface area (Å²) in [5, 5.41) is 4.37. The molecule has 1 heterocycles. The number of ketones is 1. The highest BCUT2D eigenvalue weighted by atomic mass is 79.9. The number of aryl methyl sites for hydroxylation is 3. The average molecular weight is 321 g/mol. The van der Waals surface area contributed by atoms with E-state index >= 15 is 0 Å². The van der Waals surface area contributed by atoms with Crippen LogP contribution >= 0.6 is 15.9 Å². The SMILES string of the molecule is CCn1nc(C)cc1CC(=O)c1ccc(Br)cc1C. The topological polar surface area (TPSA) is 34.9 Å². The zero-order valence-electron chi connectivity index (χ0n) is 11.4. The molecule has 0 aliphatic heterocycles. The van der Waals surface area contributed by atoms with Gasteiger partial charge >= 0.3 is 0 Å². The molecule has 0 aliphatic rings. The fourth-order valence-electron chi connectivity index (χ4n) is 2.21. The molecular formula is C15H17BrN2O. The Morgan fingerprint density at radius 3 is 2.68 bits per heavy atom. The molecule has 0 aliphatic carbocycles. The molecule has 0 spiro atoms. The summed E-state index contributed by atoms with van der Waals surface area (Å²) in [5.74, 6) is 0.139. The van der Waals surface area contributed by atoms with Gasteiger partial charge in [-0.2, -0.15) is 5.10 Å². The lowest BCUT2D eigenvalue weighted by atomic mass is 10.0. The van der Waals surface area contributed by atoms with Crippen molar-refractivity contribution < 1.29 is 4.79 Å². The minimum atomic E-state index is 0.139. The van der Waals surface area contributed by atoms with Crippen LogP contribution in [0.15, 0.2) is 28.7 Å². The molecule has 0 fully saturated rings. The predicted molar refractivity (Wildman–Crippen MR) is 79.6 cm³/mol. The maximum Gasteiger partial charge on any atom is 0.169 e. The van der Waals surface area contributed by atoms with Gasteiger partial charge in [0.15, 0.2) is 5.78 Å². The van der Waals surface area contributed by atoms with Crippen LogP contribution in [0.1, 0.15) is 34.2 Å². The highest BCUT2D eigenvalue weighted by Crippen LogP contribution is 2.18. The number of rotatable bonds is 4. The lowest BCUT2D eigenvalue weighted by Crippen LogP contribution is -2.10. The van der Waals surface area contributed by atoms with Gasteiger partial charge in [0.25, 0.3) is 0 Å². The zero-order chi connectivity index (χ0) is 14.0. The number of Topliss-reactive ketones (excluding diaryl/α,β-unsaturated/α-hetero) is 1. The van der Waals surface area contributed by atoms with Crippen molar-refractivity contribution >= 4 is 21.7 Å². The molecule has 4 heteroatoms. The summed E-state index contributed by atoms with van der Waals surface area (Å²) >= 11 is 3.41. The van der Waals surface area contributed by atoms with Crippen LogP contribution in [0.2, 0.25) is 0 Å². The highest BCUT2D eigenvalue weighted by Gasteiger charge is 2.13. The monoisotopic (exact) mass is 320 g/mol. The van der Waals surface area contributed by atoms with E-state index in [1.165, 1.54) is 0 Å². The zero-order valence-corrected chi connectivity index (χ0v) is 13.0. The third-order valence-corrected chi connectivity index (χ3v) is 3.61. The minimum Gasteiger partial charge on any atom is -0.294 e. The molecule has 0 saturated carbocycles. The molecule has 0 atom stereocenters. The van der Waals surface area contributed by atoms with E-state index in [9.17, 15) is 4.79 Å². The van der Waals surface area contributed by atoms with E-state index in [1.807, 2.05) is 49.7 Å². The van der Waals surface area contributed by atoms with Crippen molar-refractivity contribution in [1.82, 2.24) is 9.78 Å². The van der Waals surface area contributed by atoms with Gasteiger partial charge in [0.05, 0.1) is 12.1 Å². The van der Waals surface area contributed by atoms with E-state index in [0.29, 0.717) is 6.42 Å². The van der Waals surface area contributed by atoms with Crippen molar-refractivity contribution in [3.63, 3.8) is 0 Å². The van der Waals surface area contributed by atoms with Gasteiger partial charge in [0.1, 0.15) is 0 Å². The molecule has 3 nitrogen and oxygen atoms in total. The van der Waals surface area contributed by atoms with Crippen LogP contribution in [0, 0.1) is 13.8 Å². The fourth-order valence-corrected chi connectivity index (χ4v) is 2.69. The van der Waals surface area contributed by atoms with Crippen molar-refractivity contribution in [3.8, 4) is 0 Å². The number of aromatic nitrogens is 2. The number of nitrogens with zero attached hydrogens (tertiary/aromatic N) is 2. The number of hydrogen-bond acceptors (Lipinski definition) is 2. The standard InChI is InChI=1S/C15H17BrN2O/c1-4-18-13(8-11(3)17-18)9-15(19)14-6-5-12(16)7-10(14)2/h5-8H,4,9H2,1-3H3. The quantitative estimate of drug-likeness (QED) is 0.805. The Kier molecular flexibility index (Phi) is 4.20. The van der Waals surface area contributed by atoms with E-state index in [1.54, 1.807) is 0 Å². The van der Waals surface area contributed by atoms with Crippen LogP contribution in [-0.4, -0.2) is 15.6 Å². The average Bonchev–Trinajstić information content (AvgIpc) is 2.69. The summed E-state index contributed by atoms with van der Waals surface area (Å²) in [6.07, 6.45) is 0.400. The number of carbonyl (C=O) groups is 1. The normalized spacial score (nSPS) is 10.7. The molecule has 100 valence electrons. The molecule has 0 bridgehead atoms. The summed E-state index contributed by atoms with van der Waals surface area (Å²) < 4.78 is 2.89. The first kappa shape index (κ1) is 14.0. The summed E-state index contributed by atoms with van der Waals surface area (Å²) in [5.41, 5.74) is 3.72. The molecule has 1 aromatic heterocycles.